The van der Waals surface area contributed by atoms with Gasteiger partial charge in [0.15, 0.2) is 11.5 Å². The molecule has 0 bridgehead atoms. The summed E-state index contributed by atoms with van der Waals surface area (Å²) in [5.41, 5.74) is 0.675. The molecule has 0 saturated heterocycles. The van der Waals surface area contributed by atoms with Crippen molar-refractivity contribution < 1.29 is 19.1 Å². The Kier molecular flexibility index (Phi) is 7.52. The number of ether oxygens (including phenoxy) is 2. The van der Waals surface area contributed by atoms with Crippen LogP contribution in [0.4, 0.5) is 5.69 Å². The van der Waals surface area contributed by atoms with Crippen molar-refractivity contribution in [2.75, 3.05) is 25.1 Å². The number of aromatic nitrogens is 2. The second-order valence-corrected chi connectivity index (χ2v) is 7.30. The average molecular weight is 400 g/mol. The van der Waals surface area contributed by atoms with E-state index in [1.54, 1.807) is 30.6 Å². The average Bonchev–Trinajstić information content (AvgIpc) is 2.67. The van der Waals surface area contributed by atoms with E-state index in [0.717, 1.165) is 0 Å². The molecule has 2 aromatic rings. The molecule has 1 aromatic carbocycles. The van der Waals surface area contributed by atoms with E-state index in [4.69, 9.17) is 9.47 Å². The summed E-state index contributed by atoms with van der Waals surface area (Å²) in [5, 5.41) is 5.25. The first-order valence-corrected chi connectivity index (χ1v) is 9.54. The maximum atomic E-state index is 12.4. The Bertz CT molecular complexity index is 845. The number of nitrogens with zero attached hydrogens (tertiary/aromatic N) is 2. The fourth-order valence-electron chi connectivity index (χ4n) is 2.44. The summed E-state index contributed by atoms with van der Waals surface area (Å²) < 4.78 is 11.0. The van der Waals surface area contributed by atoms with Crippen LogP contribution in [0, 0.1) is 0 Å². The van der Waals surface area contributed by atoms with Crippen LogP contribution in [0.2, 0.25) is 0 Å². The summed E-state index contributed by atoms with van der Waals surface area (Å²) in [4.78, 5) is 33.0. The largest absolute Gasteiger partial charge is 0.490 e. The van der Waals surface area contributed by atoms with Crippen molar-refractivity contribution in [1.82, 2.24) is 15.3 Å². The lowest BCUT2D eigenvalue weighted by Gasteiger charge is -2.16. The molecule has 0 spiro atoms. The fraction of sp³-hybridized carbons (Fsp3) is 0.429. The molecule has 2 rings (SSSR count). The molecule has 0 fully saturated rings. The smallest absolute Gasteiger partial charge is 0.251 e. The molecule has 8 nitrogen and oxygen atoms in total. The van der Waals surface area contributed by atoms with Gasteiger partial charge in [-0.05, 0) is 32.0 Å². The van der Waals surface area contributed by atoms with Crippen LogP contribution in [0.15, 0.2) is 30.6 Å². The normalized spacial score (nSPS) is 10.9. The number of benzene rings is 1. The van der Waals surface area contributed by atoms with Gasteiger partial charge in [0.25, 0.3) is 5.91 Å². The van der Waals surface area contributed by atoms with Gasteiger partial charge in [-0.2, -0.15) is 0 Å². The Morgan fingerprint density at radius 1 is 1.00 bits per heavy atom. The first-order valence-electron chi connectivity index (χ1n) is 9.54. The molecule has 29 heavy (non-hydrogen) atoms. The number of carbonyl (C=O) groups is 2. The van der Waals surface area contributed by atoms with Crippen LogP contribution < -0.4 is 20.1 Å². The fourth-order valence-corrected chi connectivity index (χ4v) is 2.44. The third-order valence-electron chi connectivity index (χ3n) is 3.82. The predicted molar refractivity (Wildman–Crippen MR) is 110 cm³/mol. The third kappa shape index (κ3) is 6.44. The van der Waals surface area contributed by atoms with Crippen LogP contribution in [-0.2, 0) is 10.2 Å². The Morgan fingerprint density at radius 3 is 2.21 bits per heavy atom. The Balaban J connectivity index is 1.94. The second-order valence-electron chi connectivity index (χ2n) is 7.30. The summed E-state index contributed by atoms with van der Waals surface area (Å²) >= 11 is 0. The van der Waals surface area contributed by atoms with E-state index < -0.39 is 0 Å². The predicted octanol–water partition coefficient (Wildman–Crippen LogP) is 2.94. The molecule has 156 valence electrons. The number of rotatable bonds is 8. The number of carbonyl (C=O) groups excluding carboxylic acids is 2. The van der Waals surface area contributed by atoms with E-state index in [9.17, 15) is 9.59 Å². The molecule has 2 N–H and O–H groups in total. The summed E-state index contributed by atoms with van der Waals surface area (Å²) in [7, 11) is 0. The number of hydrogen-bond acceptors (Lipinski definition) is 6. The third-order valence-corrected chi connectivity index (χ3v) is 3.82. The minimum Gasteiger partial charge on any atom is -0.490 e. The van der Waals surface area contributed by atoms with Crippen molar-refractivity contribution >= 4 is 17.5 Å². The summed E-state index contributed by atoms with van der Waals surface area (Å²) in [6.45, 7) is 10.5. The SMILES string of the molecule is CCOc1ccc(C(=O)NCC(=O)Nc2cnc(C(C)(C)C)nc2)cc1OCC. The summed E-state index contributed by atoms with van der Waals surface area (Å²) in [5.74, 6) is 0.985. The van der Waals surface area contributed by atoms with Crippen LogP contribution >= 0.6 is 0 Å². The lowest BCUT2D eigenvalue weighted by molar-refractivity contribution is -0.115. The molecule has 2 amide bonds. The molecule has 1 aromatic heterocycles. The zero-order valence-electron chi connectivity index (χ0n) is 17.5. The molecule has 0 aliphatic carbocycles. The zero-order valence-corrected chi connectivity index (χ0v) is 17.5. The van der Waals surface area contributed by atoms with Gasteiger partial charge in [-0.15, -0.1) is 0 Å². The molecular formula is C21H28N4O4. The number of hydrogen-bond donors (Lipinski definition) is 2. The highest BCUT2D eigenvalue weighted by Crippen LogP contribution is 2.28. The molecule has 0 saturated carbocycles. The second kappa shape index (κ2) is 9.86. The number of amides is 2. The van der Waals surface area contributed by atoms with Gasteiger partial charge < -0.3 is 20.1 Å². The van der Waals surface area contributed by atoms with Gasteiger partial charge in [0, 0.05) is 11.0 Å². The topological polar surface area (TPSA) is 102 Å². The van der Waals surface area contributed by atoms with E-state index in [-0.39, 0.29) is 23.8 Å². The lowest BCUT2D eigenvalue weighted by atomic mass is 9.96. The van der Waals surface area contributed by atoms with Gasteiger partial charge >= 0.3 is 0 Å². The molecule has 8 heteroatoms. The van der Waals surface area contributed by atoms with Crippen molar-refractivity contribution in [3.05, 3.63) is 42.0 Å². The molecular weight excluding hydrogens is 372 g/mol. The van der Waals surface area contributed by atoms with Gasteiger partial charge in [-0.1, -0.05) is 20.8 Å². The van der Waals surface area contributed by atoms with Crippen LogP contribution in [-0.4, -0.2) is 41.5 Å². The van der Waals surface area contributed by atoms with E-state index in [1.165, 1.54) is 0 Å². The summed E-state index contributed by atoms with van der Waals surface area (Å²) in [6, 6.07) is 4.90. The highest BCUT2D eigenvalue weighted by molar-refractivity contribution is 5.99. The molecule has 1 heterocycles. The van der Waals surface area contributed by atoms with Crippen LogP contribution in [0.5, 0.6) is 11.5 Å². The van der Waals surface area contributed by atoms with Crippen molar-refractivity contribution in [2.24, 2.45) is 0 Å². The summed E-state index contributed by atoms with van der Waals surface area (Å²) in [6.07, 6.45) is 3.10. The van der Waals surface area contributed by atoms with E-state index in [1.807, 2.05) is 34.6 Å². The highest BCUT2D eigenvalue weighted by atomic mass is 16.5. The van der Waals surface area contributed by atoms with Gasteiger partial charge in [0.1, 0.15) is 5.82 Å². The van der Waals surface area contributed by atoms with Gasteiger partial charge in [-0.3, -0.25) is 9.59 Å². The van der Waals surface area contributed by atoms with E-state index in [2.05, 4.69) is 20.6 Å². The minimum atomic E-state index is -0.386. The highest BCUT2D eigenvalue weighted by Gasteiger charge is 2.17. The monoisotopic (exact) mass is 400 g/mol. The Hall–Kier alpha value is -3.16. The van der Waals surface area contributed by atoms with Crippen molar-refractivity contribution in [3.63, 3.8) is 0 Å². The van der Waals surface area contributed by atoms with Crippen molar-refractivity contribution in [2.45, 2.75) is 40.0 Å². The molecule has 0 atom stereocenters. The maximum Gasteiger partial charge on any atom is 0.251 e. The van der Waals surface area contributed by atoms with Gasteiger partial charge in [-0.25, -0.2) is 9.97 Å². The quantitative estimate of drug-likeness (QED) is 0.706. The first kappa shape index (κ1) is 22.1. The van der Waals surface area contributed by atoms with Crippen molar-refractivity contribution in [1.29, 1.82) is 0 Å². The Morgan fingerprint density at radius 2 is 1.62 bits per heavy atom. The van der Waals surface area contributed by atoms with E-state index in [0.29, 0.717) is 41.8 Å². The van der Waals surface area contributed by atoms with Gasteiger partial charge in [0.2, 0.25) is 5.91 Å². The van der Waals surface area contributed by atoms with Crippen molar-refractivity contribution in [3.8, 4) is 11.5 Å². The van der Waals surface area contributed by atoms with E-state index >= 15 is 0 Å². The minimum absolute atomic E-state index is 0.172. The van der Waals surface area contributed by atoms with Crippen LogP contribution in [0.25, 0.3) is 0 Å². The Labute approximate surface area is 171 Å². The first-order chi connectivity index (χ1) is 13.7. The number of nitrogens with one attached hydrogen (secondary N) is 2. The van der Waals surface area contributed by atoms with Crippen LogP contribution in [0.3, 0.4) is 0 Å². The van der Waals surface area contributed by atoms with Crippen LogP contribution in [0.1, 0.15) is 50.8 Å². The zero-order chi connectivity index (χ0) is 21.4. The molecule has 0 radical (unpaired) electrons. The molecule has 0 unspecified atom stereocenters. The maximum absolute atomic E-state index is 12.4. The lowest BCUT2D eigenvalue weighted by Crippen LogP contribution is -2.33. The molecule has 0 aliphatic heterocycles. The standard InChI is InChI=1S/C21H28N4O4/c1-6-28-16-9-8-14(10-17(16)29-7-2)19(27)22-13-18(26)25-15-11-23-20(24-12-15)21(3,4)5/h8-12H,6-7,13H2,1-5H3,(H,22,27)(H,25,26). The molecule has 0 aliphatic rings. The van der Waals surface area contributed by atoms with Gasteiger partial charge in [0.05, 0.1) is 37.8 Å². The number of anilines is 1.